The van der Waals surface area contributed by atoms with Crippen LogP contribution in [0.25, 0.3) is 0 Å². The molecule has 0 bridgehead atoms. The smallest absolute Gasteiger partial charge is 0.0668 e. The summed E-state index contributed by atoms with van der Waals surface area (Å²) >= 11 is 0. The molecule has 1 atom stereocenters. The van der Waals surface area contributed by atoms with Crippen molar-refractivity contribution in [1.82, 2.24) is 5.32 Å². The van der Waals surface area contributed by atoms with Crippen LogP contribution < -0.4 is 5.32 Å². The topological polar surface area (TPSA) is 21.3 Å². The molecule has 1 aromatic carbocycles. The minimum Gasteiger partial charge on any atom is -0.374 e. The molecule has 1 unspecified atom stereocenters. The van der Waals surface area contributed by atoms with E-state index in [1.54, 1.807) is 0 Å². The lowest BCUT2D eigenvalue weighted by atomic mass is 10.0. The first-order valence-electron chi connectivity index (χ1n) is 5.80. The Hall–Kier alpha value is -0.860. The summed E-state index contributed by atoms with van der Waals surface area (Å²) < 4.78 is 5.81. The van der Waals surface area contributed by atoms with E-state index in [-0.39, 0.29) is 11.6 Å². The van der Waals surface area contributed by atoms with Crippen molar-refractivity contribution in [1.29, 1.82) is 0 Å². The fourth-order valence-electron chi connectivity index (χ4n) is 1.57. The average Bonchev–Trinajstić information content (AvgIpc) is 2.17. The zero-order chi connectivity index (χ0) is 12.2. The van der Waals surface area contributed by atoms with E-state index in [0.29, 0.717) is 6.61 Å². The summed E-state index contributed by atoms with van der Waals surface area (Å²) in [5.74, 6) is 0. The molecule has 0 heterocycles. The number of rotatable bonds is 4. The molecular formula is C14H23NO. The first-order chi connectivity index (χ1) is 7.42. The zero-order valence-corrected chi connectivity index (χ0v) is 11.0. The number of aryl methyl sites for hydroxylation is 1. The van der Waals surface area contributed by atoms with Crippen LogP contribution in [0.15, 0.2) is 24.3 Å². The summed E-state index contributed by atoms with van der Waals surface area (Å²) in [7, 11) is 1.97. The maximum Gasteiger partial charge on any atom is 0.0668 e. The molecule has 0 spiro atoms. The van der Waals surface area contributed by atoms with E-state index < -0.39 is 0 Å². The Bertz CT molecular complexity index is 328. The fourth-order valence-corrected chi connectivity index (χ4v) is 1.57. The van der Waals surface area contributed by atoms with Gasteiger partial charge in [0.15, 0.2) is 0 Å². The molecular weight excluding hydrogens is 198 g/mol. The molecule has 2 heteroatoms. The molecule has 16 heavy (non-hydrogen) atoms. The van der Waals surface area contributed by atoms with Gasteiger partial charge in [-0.1, -0.05) is 29.8 Å². The summed E-state index contributed by atoms with van der Waals surface area (Å²) in [4.78, 5) is 0. The second-order valence-electron chi connectivity index (χ2n) is 5.18. The van der Waals surface area contributed by atoms with E-state index in [4.69, 9.17) is 4.74 Å². The molecule has 1 N–H and O–H groups in total. The third kappa shape index (κ3) is 4.33. The molecule has 0 aliphatic carbocycles. The van der Waals surface area contributed by atoms with Crippen LogP contribution in [0.1, 0.15) is 37.9 Å². The quantitative estimate of drug-likeness (QED) is 0.843. The molecule has 90 valence electrons. The standard InChI is InChI=1S/C14H23NO/c1-11-7-6-8-12(9-11)13(15-5)10-16-14(2,3)4/h6-9,13,15H,10H2,1-5H3. The van der Waals surface area contributed by atoms with Crippen molar-refractivity contribution >= 4 is 0 Å². The fraction of sp³-hybridized carbons (Fsp3) is 0.571. The summed E-state index contributed by atoms with van der Waals surface area (Å²) in [5, 5.41) is 3.29. The average molecular weight is 221 g/mol. The number of benzene rings is 1. The Balaban J connectivity index is 2.68. The molecule has 0 amide bonds. The van der Waals surface area contributed by atoms with Gasteiger partial charge in [0.2, 0.25) is 0 Å². The van der Waals surface area contributed by atoms with Crippen molar-refractivity contribution in [2.45, 2.75) is 39.3 Å². The second-order valence-corrected chi connectivity index (χ2v) is 5.18. The molecule has 0 saturated heterocycles. The SMILES string of the molecule is CNC(COC(C)(C)C)c1cccc(C)c1. The van der Waals surface area contributed by atoms with Crippen LogP contribution in [0.3, 0.4) is 0 Å². The van der Waals surface area contributed by atoms with E-state index in [2.05, 4.69) is 57.3 Å². The van der Waals surface area contributed by atoms with Crippen molar-refractivity contribution in [3.05, 3.63) is 35.4 Å². The lowest BCUT2D eigenvalue weighted by Crippen LogP contribution is -2.28. The molecule has 1 aromatic rings. The van der Waals surface area contributed by atoms with Gasteiger partial charge in [-0.3, -0.25) is 0 Å². The predicted molar refractivity (Wildman–Crippen MR) is 68.7 cm³/mol. The first kappa shape index (κ1) is 13.2. The van der Waals surface area contributed by atoms with Gasteiger partial charge in [-0.15, -0.1) is 0 Å². The monoisotopic (exact) mass is 221 g/mol. The molecule has 2 nitrogen and oxygen atoms in total. The van der Waals surface area contributed by atoms with Gasteiger partial charge in [-0.25, -0.2) is 0 Å². The van der Waals surface area contributed by atoms with E-state index in [1.165, 1.54) is 11.1 Å². The van der Waals surface area contributed by atoms with E-state index in [0.717, 1.165) is 0 Å². The molecule has 0 aromatic heterocycles. The Morgan fingerprint density at radius 1 is 1.31 bits per heavy atom. The number of hydrogen-bond acceptors (Lipinski definition) is 2. The second kappa shape index (κ2) is 5.46. The van der Waals surface area contributed by atoms with Gasteiger partial charge in [-0.05, 0) is 40.3 Å². The summed E-state index contributed by atoms with van der Waals surface area (Å²) in [6, 6.07) is 8.81. The molecule has 0 radical (unpaired) electrons. The van der Waals surface area contributed by atoms with Gasteiger partial charge in [0.1, 0.15) is 0 Å². The molecule has 0 saturated carbocycles. The minimum absolute atomic E-state index is 0.0844. The lowest BCUT2D eigenvalue weighted by molar-refractivity contribution is -0.0139. The van der Waals surface area contributed by atoms with Crippen molar-refractivity contribution in [3.8, 4) is 0 Å². The Labute approximate surface area is 99.0 Å². The lowest BCUT2D eigenvalue weighted by Gasteiger charge is -2.24. The largest absolute Gasteiger partial charge is 0.374 e. The maximum atomic E-state index is 5.81. The number of ether oxygens (including phenoxy) is 1. The summed E-state index contributed by atoms with van der Waals surface area (Å²) in [5.41, 5.74) is 2.49. The highest BCUT2D eigenvalue weighted by atomic mass is 16.5. The van der Waals surface area contributed by atoms with E-state index in [9.17, 15) is 0 Å². The van der Waals surface area contributed by atoms with Gasteiger partial charge in [-0.2, -0.15) is 0 Å². The molecule has 0 aliphatic heterocycles. The highest BCUT2D eigenvalue weighted by Gasteiger charge is 2.15. The number of hydrogen-bond donors (Lipinski definition) is 1. The van der Waals surface area contributed by atoms with Crippen LogP contribution >= 0.6 is 0 Å². The van der Waals surface area contributed by atoms with Crippen LogP contribution in [0, 0.1) is 6.92 Å². The minimum atomic E-state index is -0.0844. The number of likely N-dealkylation sites (N-methyl/N-ethyl adjacent to an activating group) is 1. The Morgan fingerprint density at radius 3 is 2.50 bits per heavy atom. The van der Waals surface area contributed by atoms with Gasteiger partial charge >= 0.3 is 0 Å². The molecule has 0 fully saturated rings. The third-order valence-corrected chi connectivity index (χ3v) is 2.48. The van der Waals surface area contributed by atoms with Gasteiger partial charge < -0.3 is 10.1 Å². The summed E-state index contributed by atoms with van der Waals surface area (Å²) in [6.07, 6.45) is 0. The van der Waals surface area contributed by atoms with Crippen LogP contribution in [0.5, 0.6) is 0 Å². The Kier molecular flexibility index (Phi) is 4.51. The zero-order valence-electron chi connectivity index (χ0n) is 11.0. The highest BCUT2D eigenvalue weighted by Crippen LogP contribution is 2.17. The van der Waals surface area contributed by atoms with Crippen molar-refractivity contribution < 1.29 is 4.74 Å². The van der Waals surface area contributed by atoms with Crippen LogP contribution in [0.2, 0.25) is 0 Å². The number of nitrogens with one attached hydrogen (secondary N) is 1. The van der Waals surface area contributed by atoms with Crippen LogP contribution in [-0.2, 0) is 4.74 Å². The molecule has 1 rings (SSSR count). The van der Waals surface area contributed by atoms with Crippen molar-refractivity contribution in [2.24, 2.45) is 0 Å². The Morgan fingerprint density at radius 2 is 2.00 bits per heavy atom. The van der Waals surface area contributed by atoms with Crippen molar-refractivity contribution in [3.63, 3.8) is 0 Å². The third-order valence-electron chi connectivity index (χ3n) is 2.48. The maximum absolute atomic E-state index is 5.81. The van der Waals surface area contributed by atoms with Crippen LogP contribution in [0.4, 0.5) is 0 Å². The van der Waals surface area contributed by atoms with Crippen LogP contribution in [-0.4, -0.2) is 19.3 Å². The highest BCUT2D eigenvalue weighted by molar-refractivity contribution is 5.25. The van der Waals surface area contributed by atoms with E-state index in [1.807, 2.05) is 7.05 Å². The first-order valence-corrected chi connectivity index (χ1v) is 5.80. The predicted octanol–water partition coefficient (Wildman–Crippen LogP) is 3.07. The van der Waals surface area contributed by atoms with Crippen molar-refractivity contribution in [2.75, 3.05) is 13.7 Å². The summed E-state index contributed by atoms with van der Waals surface area (Å²) in [6.45, 7) is 9.05. The van der Waals surface area contributed by atoms with E-state index >= 15 is 0 Å². The normalized spacial score (nSPS) is 13.8. The molecule has 0 aliphatic rings. The van der Waals surface area contributed by atoms with Gasteiger partial charge in [0, 0.05) is 0 Å². The van der Waals surface area contributed by atoms with Gasteiger partial charge in [0.25, 0.3) is 0 Å². The van der Waals surface area contributed by atoms with Gasteiger partial charge in [0.05, 0.1) is 18.2 Å².